The molecule has 0 fully saturated rings. The summed E-state index contributed by atoms with van der Waals surface area (Å²) in [5.74, 6) is -0.555. The van der Waals surface area contributed by atoms with E-state index in [0.717, 1.165) is 10.8 Å². The number of benzene rings is 4. The lowest BCUT2D eigenvalue weighted by Gasteiger charge is -2.13. The van der Waals surface area contributed by atoms with Crippen molar-refractivity contribution in [1.29, 1.82) is 0 Å². The molecule has 8 heteroatoms. The van der Waals surface area contributed by atoms with E-state index in [0.29, 0.717) is 22.5 Å². The molecule has 0 radical (unpaired) electrons. The highest BCUT2D eigenvalue weighted by Gasteiger charge is 2.15. The maximum absolute atomic E-state index is 12.6. The van der Waals surface area contributed by atoms with E-state index in [-0.39, 0.29) is 29.7 Å². The van der Waals surface area contributed by atoms with Crippen LogP contribution in [0.3, 0.4) is 0 Å². The molecule has 0 aromatic heterocycles. The highest BCUT2D eigenvalue weighted by atomic mass is 32.2. The number of nitrogens with one attached hydrogen (secondary N) is 3. The summed E-state index contributed by atoms with van der Waals surface area (Å²) in [7, 11) is -3.76. The lowest BCUT2D eigenvalue weighted by atomic mass is 10.1. The fourth-order valence-corrected chi connectivity index (χ4v) is 4.70. The zero-order chi connectivity index (χ0) is 24.8. The molecule has 35 heavy (non-hydrogen) atoms. The summed E-state index contributed by atoms with van der Waals surface area (Å²) in [6.07, 6.45) is 0.0677. The summed E-state index contributed by atoms with van der Waals surface area (Å²) in [5, 5.41) is 7.52. The van der Waals surface area contributed by atoms with Crippen molar-refractivity contribution in [3.8, 4) is 0 Å². The van der Waals surface area contributed by atoms with Gasteiger partial charge in [0.1, 0.15) is 0 Å². The van der Waals surface area contributed by atoms with Gasteiger partial charge in [-0.25, -0.2) is 8.42 Å². The van der Waals surface area contributed by atoms with Gasteiger partial charge in [0.25, 0.3) is 15.9 Å². The van der Waals surface area contributed by atoms with Crippen LogP contribution in [-0.4, -0.2) is 26.8 Å². The molecule has 0 bridgehead atoms. The van der Waals surface area contributed by atoms with E-state index in [1.807, 2.05) is 36.4 Å². The van der Waals surface area contributed by atoms with Crippen molar-refractivity contribution in [3.05, 3.63) is 102 Å². The van der Waals surface area contributed by atoms with Gasteiger partial charge >= 0.3 is 0 Å². The van der Waals surface area contributed by atoms with Crippen LogP contribution >= 0.6 is 0 Å². The van der Waals surface area contributed by atoms with Crippen LogP contribution in [0.2, 0.25) is 0 Å². The Kier molecular flexibility index (Phi) is 7.12. The van der Waals surface area contributed by atoms with E-state index in [2.05, 4.69) is 15.4 Å². The first-order valence-electron chi connectivity index (χ1n) is 11.1. The summed E-state index contributed by atoms with van der Waals surface area (Å²) in [6.45, 7) is 1.94. The molecule has 178 valence electrons. The van der Waals surface area contributed by atoms with Gasteiger partial charge in [-0.1, -0.05) is 54.6 Å². The van der Waals surface area contributed by atoms with E-state index in [1.165, 1.54) is 12.1 Å². The van der Waals surface area contributed by atoms with E-state index in [1.54, 1.807) is 49.4 Å². The monoisotopic (exact) mass is 487 g/mol. The quantitative estimate of drug-likeness (QED) is 0.335. The first-order valence-corrected chi connectivity index (χ1v) is 12.6. The average molecular weight is 488 g/mol. The Bertz CT molecular complexity index is 1490. The number of aryl methyl sites for hydroxylation is 1. The molecule has 0 atom stereocenters. The van der Waals surface area contributed by atoms with E-state index in [9.17, 15) is 18.0 Å². The van der Waals surface area contributed by atoms with Crippen molar-refractivity contribution in [1.82, 2.24) is 5.32 Å². The zero-order valence-electron chi connectivity index (χ0n) is 19.1. The number of carbonyl (C=O) groups is 2. The molecule has 0 saturated heterocycles. The summed E-state index contributed by atoms with van der Waals surface area (Å²) in [5.41, 5.74) is 2.06. The SMILES string of the molecule is Cc1ccc(NC(=O)CCNC(=O)c2ccc3ccccc3c2)cc1NS(=O)(=O)c1ccccc1. The van der Waals surface area contributed by atoms with Crippen molar-refractivity contribution in [3.63, 3.8) is 0 Å². The number of rotatable bonds is 8. The maximum Gasteiger partial charge on any atom is 0.261 e. The third-order valence-corrected chi connectivity index (χ3v) is 6.85. The molecule has 4 aromatic carbocycles. The van der Waals surface area contributed by atoms with E-state index >= 15 is 0 Å². The number of anilines is 2. The molecule has 2 amide bonds. The summed E-state index contributed by atoms with van der Waals surface area (Å²) in [4.78, 5) is 25.0. The normalized spacial score (nSPS) is 11.1. The lowest BCUT2D eigenvalue weighted by molar-refractivity contribution is -0.116. The van der Waals surface area contributed by atoms with Crippen molar-refractivity contribution in [2.24, 2.45) is 0 Å². The summed E-state index contributed by atoms with van der Waals surface area (Å²) >= 11 is 0. The average Bonchev–Trinajstić information content (AvgIpc) is 2.86. The van der Waals surface area contributed by atoms with Crippen LogP contribution in [0.25, 0.3) is 10.8 Å². The maximum atomic E-state index is 12.6. The minimum Gasteiger partial charge on any atom is -0.352 e. The van der Waals surface area contributed by atoms with Gasteiger partial charge in [0.15, 0.2) is 0 Å². The highest BCUT2D eigenvalue weighted by molar-refractivity contribution is 7.92. The number of hydrogen-bond donors (Lipinski definition) is 3. The zero-order valence-corrected chi connectivity index (χ0v) is 19.9. The standard InChI is InChI=1S/C27H25N3O4S/c1-19-11-14-23(18-25(19)30-35(33,34)24-9-3-2-4-10-24)29-26(31)15-16-28-27(32)22-13-12-20-7-5-6-8-21(20)17-22/h2-14,17-18,30H,15-16H2,1H3,(H,28,32)(H,29,31). The van der Waals surface area contributed by atoms with Gasteiger partial charge in [0.2, 0.25) is 5.91 Å². The molecule has 0 aliphatic heterocycles. The van der Waals surface area contributed by atoms with Crippen molar-refractivity contribution >= 4 is 44.0 Å². The van der Waals surface area contributed by atoms with Gasteiger partial charge in [-0.05, 0) is 59.7 Å². The minimum absolute atomic E-state index is 0.0677. The van der Waals surface area contributed by atoms with Crippen LogP contribution in [0.15, 0.2) is 95.9 Å². The van der Waals surface area contributed by atoms with Crippen LogP contribution in [0, 0.1) is 6.92 Å². The smallest absolute Gasteiger partial charge is 0.261 e. The number of amides is 2. The Morgan fingerprint density at radius 2 is 1.51 bits per heavy atom. The van der Waals surface area contributed by atoms with Gasteiger partial charge in [-0.2, -0.15) is 0 Å². The number of sulfonamides is 1. The minimum atomic E-state index is -3.76. The van der Waals surface area contributed by atoms with Crippen LogP contribution in [0.5, 0.6) is 0 Å². The Labute approximate surface area is 204 Å². The molecule has 0 aliphatic carbocycles. The molecule has 0 saturated carbocycles. The van der Waals surface area contributed by atoms with E-state index in [4.69, 9.17) is 0 Å². The molecule has 4 aromatic rings. The first kappa shape index (κ1) is 24.0. The predicted molar refractivity (Wildman–Crippen MR) is 138 cm³/mol. The summed E-state index contributed by atoms with van der Waals surface area (Å²) < 4.78 is 27.9. The summed E-state index contributed by atoms with van der Waals surface area (Å²) in [6, 6.07) is 26.3. The predicted octanol–water partition coefficient (Wildman–Crippen LogP) is 4.71. The Morgan fingerprint density at radius 1 is 0.800 bits per heavy atom. The molecular formula is C27H25N3O4S. The van der Waals surface area contributed by atoms with Crippen LogP contribution in [-0.2, 0) is 14.8 Å². The largest absolute Gasteiger partial charge is 0.352 e. The van der Waals surface area contributed by atoms with Crippen molar-refractivity contribution < 1.29 is 18.0 Å². The molecule has 0 heterocycles. The first-order chi connectivity index (χ1) is 16.8. The number of hydrogen-bond acceptors (Lipinski definition) is 4. The van der Waals surface area contributed by atoms with Gasteiger partial charge in [0.05, 0.1) is 10.6 Å². The Morgan fingerprint density at radius 3 is 2.29 bits per heavy atom. The number of fused-ring (bicyclic) bond motifs is 1. The second kappa shape index (κ2) is 10.4. The Hall–Kier alpha value is -4.17. The van der Waals surface area contributed by atoms with Crippen LogP contribution in [0.4, 0.5) is 11.4 Å². The van der Waals surface area contributed by atoms with Crippen molar-refractivity contribution in [2.75, 3.05) is 16.6 Å². The molecule has 0 spiro atoms. The molecule has 3 N–H and O–H groups in total. The molecule has 4 rings (SSSR count). The third-order valence-electron chi connectivity index (χ3n) is 5.47. The molecule has 0 unspecified atom stereocenters. The second-order valence-electron chi connectivity index (χ2n) is 8.06. The van der Waals surface area contributed by atoms with Crippen molar-refractivity contribution in [2.45, 2.75) is 18.2 Å². The Balaban J connectivity index is 1.33. The van der Waals surface area contributed by atoms with Gasteiger partial charge < -0.3 is 10.6 Å². The van der Waals surface area contributed by atoms with Gasteiger partial charge in [-0.3, -0.25) is 14.3 Å². The second-order valence-corrected chi connectivity index (χ2v) is 9.75. The van der Waals surface area contributed by atoms with Gasteiger partial charge in [-0.15, -0.1) is 0 Å². The fourth-order valence-electron chi connectivity index (χ4n) is 3.56. The molecule has 0 aliphatic rings. The number of carbonyl (C=O) groups excluding carboxylic acids is 2. The van der Waals surface area contributed by atoms with Crippen LogP contribution < -0.4 is 15.4 Å². The molecular weight excluding hydrogens is 462 g/mol. The highest BCUT2D eigenvalue weighted by Crippen LogP contribution is 2.24. The lowest BCUT2D eigenvalue weighted by Crippen LogP contribution is -2.27. The molecule has 7 nitrogen and oxygen atoms in total. The third kappa shape index (κ3) is 6.04. The topological polar surface area (TPSA) is 104 Å². The van der Waals surface area contributed by atoms with Crippen LogP contribution in [0.1, 0.15) is 22.3 Å². The fraction of sp³-hybridized carbons (Fsp3) is 0.111. The van der Waals surface area contributed by atoms with Gasteiger partial charge in [0, 0.05) is 24.2 Å². The van der Waals surface area contributed by atoms with E-state index < -0.39 is 10.0 Å².